The Hall–Kier alpha value is -1.09. The van der Waals surface area contributed by atoms with E-state index in [1.807, 2.05) is 0 Å². The standard InChI is InChI=1S/C11H16FNO/c1-10(2,13)11(3,12)8-6-4-5-7-9(8)14/h4-7,14H,13H2,1-3H3. The van der Waals surface area contributed by atoms with E-state index in [9.17, 15) is 9.50 Å². The van der Waals surface area contributed by atoms with Crippen molar-refractivity contribution in [2.75, 3.05) is 0 Å². The maximum absolute atomic E-state index is 14.3. The summed E-state index contributed by atoms with van der Waals surface area (Å²) in [5.41, 5.74) is 3.17. The summed E-state index contributed by atoms with van der Waals surface area (Å²) in [5.74, 6) is -0.0592. The zero-order valence-corrected chi connectivity index (χ0v) is 8.71. The van der Waals surface area contributed by atoms with Crippen LogP contribution in [0.2, 0.25) is 0 Å². The smallest absolute Gasteiger partial charge is 0.154 e. The number of rotatable bonds is 2. The first kappa shape index (κ1) is 11.0. The van der Waals surface area contributed by atoms with Crippen LogP contribution in [0.4, 0.5) is 4.39 Å². The molecule has 0 aliphatic rings. The molecule has 0 fully saturated rings. The second-order valence-electron chi connectivity index (χ2n) is 4.24. The average molecular weight is 197 g/mol. The molecule has 0 saturated carbocycles. The summed E-state index contributed by atoms with van der Waals surface area (Å²) in [4.78, 5) is 0. The average Bonchev–Trinajstić information content (AvgIpc) is 2.02. The number of hydrogen-bond donors (Lipinski definition) is 2. The van der Waals surface area contributed by atoms with Gasteiger partial charge < -0.3 is 10.8 Å². The molecule has 1 atom stereocenters. The Bertz CT molecular complexity index is 328. The first-order valence-electron chi connectivity index (χ1n) is 4.53. The van der Waals surface area contributed by atoms with Crippen LogP contribution in [0, 0.1) is 0 Å². The largest absolute Gasteiger partial charge is 0.508 e. The molecule has 0 saturated heterocycles. The fraction of sp³-hybridized carbons (Fsp3) is 0.455. The van der Waals surface area contributed by atoms with Crippen LogP contribution in [-0.4, -0.2) is 10.6 Å². The number of alkyl halides is 1. The lowest BCUT2D eigenvalue weighted by Crippen LogP contribution is -2.49. The maximum atomic E-state index is 14.3. The minimum Gasteiger partial charge on any atom is -0.508 e. The lowest BCUT2D eigenvalue weighted by atomic mass is 9.81. The van der Waals surface area contributed by atoms with Crippen LogP contribution in [0.1, 0.15) is 26.3 Å². The Morgan fingerprint density at radius 2 is 1.71 bits per heavy atom. The van der Waals surface area contributed by atoms with Gasteiger partial charge >= 0.3 is 0 Å². The number of hydrogen-bond acceptors (Lipinski definition) is 2. The molecule has 0 bridgehead atoms. The number of nitrogens with two attached hydrogens (primary N) is 1. The van der Waals surface area contributed by atoms with E-state index in [1.165, 1.54) is 13.0 Å². The van der Waals surface area contributed by atoms with Crippen molar-refractivity contribution in [1.29, 1.82) is 0 Å². The molecule has 0 aliphatic heterocycles. The summed E-state index contributed by atoms with van der Waals surface area (Å²) < 4.78 is 14.3. The van der Waals surface area contributed by atoms with Crippen LogP contribution in [0.15, 0.2) is 24.3 Å². The summed E-state index contributed by atoms with van der Waals surface area (Å²) in [6.07, 6.45) is 0. The molecule has 1 aromatic carbocycles. The summed E-state index contributed by atoms with van der Waals surface area (Å²) in [6.45, 7) is 4.57. The van der Waals surface area contributed by atoms with Gasteiger partial charge in [-0.2, -0.15) is 0 Å². The molecule has 0 heterocycles. The van der Waals surface area contributed by atoms with Crippen molar-refractivity contribution in [2.45, 2.75) is 32.0 Å². The Labute approximate surface area is 83.6 Å². The lowest BCUT2D eigenvalue weighted by Gasteiger charge is -2.35. The van der Waals surface area contributed by atoms with Gasteiger partial charge in [0.05, 0.1) is 0 Å². The molecular weight excluding hydrogens is 181 g/mol. The van der Waals surface area contributed by atoms with Gasteiger partial charge in [-0.05, 0) is 26.8 Å². The van der Waals surface area contributed by atoms with Crippen molar-refractivity contribution in [3.05, 3.63) is 29.8 Å². The van der Waals surface area contributed by atoms with Gasteiger partial charge in [-0.3, -0.25) is 0 Å². The minimum absolute atomic E-state index is 0.0592. The third kappa shape index (κ3) is 1.73. The van der Waals surface area contributed by atoms with Crippen LogP contribution in [0.25, 0.3) is 0 Å². The van der Waals surface area contributed by atoms with Crippen LogP contribution in [0.5, 0.6) is 5.75 Å². The second kappa shape index (κ2) is 3.24. The molecular formula is C11H16FNO. The third-order valence-electron chi connectivity index (χ3n) is 2.62. The topological polar surface area (TPSA) is 46.2 Å². The van der Waals surface area contributed by atoms with Crippen molar-refractivity contribution in [3.8, 4) is 5.75 Å². The number of benzene rings is 1. The fourth-order valence-corrected chi connectivity index (χ4v) is 1.22. The van der Waals surface area contributed by atoms with Gasteiger partial charge in [0.15, 0.2) is 5.67 Å². The van der Waals surface area contributed by atoms with Gasteiger partial charge in [-0.15, -0.1) is 0 Å². The SMILES string of the molecule is CC(C)(N)C(C)(F)c1ccccc1O. The van der Waals surface area contributed by atoms with Crippen molar-refractivity contribution in [2.24, 2.45) is 5.73 Å². The normalized spacial score (nSPS) is 16.4. The highest BCUT2D eigenvalue weighted by Crippen LogP contribution is 2.39. The predicted molar refractivity (Wildman–Crippen MR) is 54.8 cm³/mol. The Kier molecular flexibility index (Phi) is 2.54. The molecule has 1 rings (SSSR count). The van der Waals surface area contributed by atoms with Crippen molar-refractivity contribution >= 4 is 0 Å². The first-order valence-corrected chi connectivity index (χ1v) is 4.53. The number of aromatic hydroxyl groups is 1. The highest BCUT2D eigenvalue weighted by molar-refractivity contribution is 5.38. The summed E-state index contributed by atoms with van der Waals surface area (Å²) >= 11 is 0. The minimum atomic E-state index is -1.75. The summed E-state index contributed by atoms with van der Waals surface area (Å²) in [6, 6.07) is 6.33. The Balaban J connectivity index is 3.23. The van der Waals surface area contributed by atoms with Crippen LogP contribution >= 0.6 is 0 Å². The van der Waals surface area contributed by atoms with Gasteiger partial charge in [0.25, 0.3) is 0 Å². The van der Waals surface area contributed by atoms with E-state index in [2.05, 4.69) is 0 Å². The number of phenolic OH excluding ortho intramolecular Hbond substituents is 1. The molecule has 14 heavy (non-hydrogen) atoms. The van der Waals surface area contributed by atoms with Crippen LogP contribution in [0.3, 0.4) is 0 Å². The van der Waals surface area contributed by atoms with E-state index in [0.29, 0.717) is 0 Å². The second-order valence-corrected chi connectivity index (χ2v) is 4.24. The van der Waals surface area contributed by atoms with Crippen LogP contribution < -0.4 is 5.73 Å². The van der Waals surface area contributed by atoms with E-state index < -0.39 is 11.2 Å². The zero-order valence-electron chi connectivity index (χ0n) is 8.71. The summed E-state index contributed by atoms with van der Waals surface area (Å²) in [7, 11) is 0. The zero-order chi connectivity index (χ0) is 11.0. The van der Waals surface area contributed by atoms with Crippen molar-refractivity contribution in [1.82, 2.24) is 0 Å². The number of para-hydroxylation sites is 1. The fourth-order valence-electron chi connectivity index (χ4n) is 1.22. The van der Waals surface area contributed by atoms with Crippen LogP contribution in [-0.2, 0) is 5.67 Å². The Morgan fingerprint density at radius 1 is 1.21 bits per heavy atom. The van der Waals surface area contributed by atoms with Gasteiger partial charge in [-0.25, -0.2) is 4.39 Å². The molecule has 0 aromatic heterocycles. The quantitative estimate of drug-likeness (QED) is 0.764. The molecule has 3 heteroatoms. The van der Waals surface area contributed by atoms with Gasteiger partial charge in [0.1, 0.15) is 5.75 Å². The molecule has 0 spiro atoms. The van der Waals surface area contributed by atoms with E-state index >= 15 is 0 Å². The van der Waals surface area contributed by atoms with Gasteiger partial charge in [0, 0.05) is 11.1 Å². The monoisotopic (exact) mass is 197 g/mol. The van der Waals surface area contributed by atoms with Crippen molar-refractivity contribution in [3.63, 3.8) is 0 Å². The van der Waals surface area contributed by atoms with Crippen molar-refractivity contribution < 1.29 is 9.50 Å². The first-order chi connectivity index (χ1) is 6.27. The highest BCUT2D eigenvalue weighted by Gasteiger charge is 2.41. The molecule has 78 valence electrons. The molecule has 0 radical (unpaired) electrons. The molecule has 1 unspecified atom stereocenters. The van der Waals surface area contributed by atoms with E-state index in [0.717, 1.165) is 0 Å². The Morgan fingerprint density at radius 3 is 2.14 bits per heavy atom. The van der Waals surface area contributed by atoms with E-state index in [-0.39, 0.29) is 11.3 Å². The predicted octanol–water partition coefficient (Wildman–Crippen LogP) is 2.31. The molecule has 2 nitrogen and oxygen atoms in total. The molecule has 0 amide bonds. The molecule has 1 aromatic rings. The number of phenols is 1. The highest BCUT2D eigenvalue weighted by atomic mass is 19.1. The lowest BCUT2D eigenvalue weighted by molar-refractivity contribution is 0.0923. The van der Waals surface area contributed by atoms with Gasteiger partial charge in [0.2, 0.25) is 0 Å². The summed E-state index contributed by atoms with van der Waals surface area (Å²) in [5, 5.41) is 9.51. The molecule has 0 aliphatic carbocycles. The third-order valence-corrected chi connectivity index (χ3v) is 2.62. The van der Waals surface area contributed by atoms with E-state index in [1.54, 1.807) is 32.0 Å². The maximum Gasteiger partial charge on any atom is 0.154 e. The van der Waals surface area contributed by atoms with E-state index in [4.69, 9.17) is 5.73 Å². The number of halogens is 1. The molecule has 3 N–H and O–H groups in total. The van der Waals surface area contributed by atoms with Gasteiger partial charge in [-0.1, -0.05) is 18.2 Å².